The quantitative estimate of drug-likeness (QED) is 0.378. The van der Waals surface area contributed by atoms with Crippen molar-refractivity contribution in [2.75, 3.05) is 6.54 Å². The molecule has 0 saturated carbocycles. The van der Waals surface area contributed by atoms with E-state index in [1.54, 1.807) is 4.57 Å². The third kappa shape index (κ3) is 4.93. The van der Waals surface area contributed by atoms with E-state index in [0.29, 0.717) is 29.7 Å². The second-order valence-corrected chi connectivity index (χ2v) is 8.33. The van der Waals surface area contributed by atoms with E-state index in [9.17, 15) is 9.59 Å². The molecule has 1 aromatic heterocycles. The van der Waals surface area contributed by atoms with E-state index >= 15 is 0 Å². The highest BCUT2D eigenvalue weighted by Gasteiger charge is 2.26. The van der Waals surface area contributed by atoms with Gasteiger partial charge in [-0.25, -0.2) is 4.98 Å². The highest BCUT2D eigenvalue weighted by molar-refractivity contribution is 5.79. The van der Waals surface area contributed by atoms with E-state index in [0.717, 1.165) is 43.4 Å². The molecule has 0 fully saturated rings. The average molecular weight is 434 g/mol. The number of benzene rings is 2. The zero-order valence-electron chi connectivity index (χ0n) is 19.8. The zero-order chi connectivity index (χ0) is 23.1. The number of aryl methyl sites for hydroxylation is 1. The molecular formula is C27H35N3O2. The Labute approximate surface area is 191 Å². The molecule has 1 atom stereocenters. The van der Waals surface area contributed by atoms with Crippen LogP contribution in [-0.4, -0.2) is 26.9 Å². The molecule has 1 unspecified atom stereocenters. The largest absolute Gasteiger partial charge is 0.333 e. The highest BCUT2D eigenvalue weighted by atomic mass is 16.2. The van der Waals surface area contributed by atoms with Gasteiger partial charge in [-0.3, -0.25) is 14.2 Å². The summed E-state index contributed by atoms with van der Waals surface area (Å²) in [7, 11) is 0. The van der Waals surface area contributed by atoms with Gasteiger partial charge in [0.25, 0.3) is 5.56 Å². The number of hydrogen-bond acceptors (Lipinski definition) is 3. The molecular weight excluding hydrogens is 398 g/mol. The molecule has 1 heterocycles. The van der Waals surface area contributed by atoms with Crippen molar-refractivity contribution in [1.82, 2.24) is 14.5 Å². The zero-order valence-corrected chi connectivity index (χ0v) is 19.8. The van der Waals surface area contributed by atoms with Crippen LogP contribution in [0.1, 0.15) is 77.2 Å². The van der Waals surface area contributed by atoms with Crippen LogP contribution in [0.2, 0.25) is 0 Å². The minimum atomic E-state index is -0.312. The Morgan fingerprint density at radius 3 is 2.44 bits per heavy atom. The first-order chi connectivity index (χ1) is 15.5. The summed E-state index contributed by atoms with van der Waals surface area (Å²) in [6.07, 6.45) is 5.20. The van der Waals surface area contributed by atoms with Crippen LogP contribution in [0.4, 0.5) is 0 Å². The standard InChI is InChI=1S/C27H35N3O2/c1-5-8-13-19-29(25(31)14-6-2)20(4)26-28-23-17-11-10-16-22(23)27(32)30(26)24-18-12-9-15-21(24)7-3/h9-12,15-18,20H,5-8,13-14,19H2,1-4H3. The normalized spacial score (nSPS) is 12.1. The van der Waals surface area contributed by atoms with E-state index < -0.39 is 0 Å². The summed E-state index contributed by atoms with van der Waals surface area (Å²) < 4.78 is 1.73. The van der Waals surface area contributed by atoms with Gasteiger partial charge in [0.1, 0.15) is 5.82 Å². The number of nitrogens with zero attached hydrogens (tertiary/aromatic N) is 3. The number of carbonyl (C=O) groups is 1. The molecule has 32 heavy (non-hydrogen) atoms. The molecule has 0 bridgehead atoms. The van der Waals surface area contributed by atoms with Gasteiger partial charge in [0, 0.05) is 13.0 Å². The number of fused-ring (bicyclic) bond motifs is 1. The first-order valence-electron chi connectivity index (χ1n) is 11.9. The van der Waals surface area contributed by atoms with Crippen LogP contribution in [0.15, 0.2) is 53.3 Å². The summed E-state index contributed by atoms with van der Waals surface area (Å²) in [6.45, 7) is 8.94. The Morgan fingerprint density at radius 2 is 1.72 bits per heavy atom. The maximum absolute atomic E-state index is 13.7. The van der Waals surface area contributed by atoms with Gasteiger partial charge in [-0.2, -0.15) is 0 Å². The molecule has 1 amide bonds. The lowest BCUT2D eigenvalue weighted by Crippen LogP contribution is -2.38. The number of rotatable bonds is 10. The second-order valence-electron chi connectivity index (χ2n) is 8.33. The van der Waals surface area contributed by atoms with Crippen LogP contribution in [-0.2, 0) is 11.2 Å². The third-order valence-electron chi connectivity index (χ3n) is 6.04. The molecule has 170 valence electrons. The van der Waals surface area contributed by atoms with E-state index in [2.05, 4.69) is 13.8 Å². The topological polar surface area (TPSA) is 55.2 Å². The Kier molecular flexibility index (Phi) is 8.20. The van der Waals surface area contributed by atoms with Crippen molar-refractivity contribution < 1.29 is 4.79 Å². The summed E-state index contributed by atoms with van der Waals surface area (Å²) in [5.74, 6) is 0.740. The van der Waals surface area contributed by atoms with E-state index in [1.165, 1.54) is 0 Å². The Balaban J connectivity index is 2.22. The fourth-order valence-electron chi connectivity index (χ4n) is 4.25. The van der Waals surface area contributed by atoms with Gasteiger partial charge in [0.15, 0.2) is 0 Å². The number of amides is 1. The maximum Gasteiger partial charge on any atom is 0.266 e. The molecule has 3 aromatic rings. The first-order valence-corrected chi connectivity index (χ1v) is 11.9. The average Bonchev–Trinajstić information content (AvgIpc) is 2.81. The lowest BCUT2D eigenvalue weighted by Gasteiger charge is -2.31. The molecule has 5 heteroatoms. The molecule has 2 aromatic carbocycles. The number of para-hydroxylation sites is 2. The lowest BCUT2D eigenvalue weighted by molar-refractivity contribution is -0.133. The molecule has 0 N–H and O–H groups in total. The molecule has 5 nitrogen and oxygen atoms in total. The summed E-state index contributed by atoms with van der Waals surface area (Å²) in [4.78, 5) is 33.7. The number of carbonyl (C=O) groups excluding carboxylic acids is 1. The van der Waals surface area contributed by atoms with Crippen LogP contribution in [0, 0.1) is 0 Å². The summed E-state index contributed by atoms with van der Waals surface area (Å²) in [5, 5.41) is 0.590. The van der Waals surface area contributed by atoms with Gasteiger partial charge in [0.2, 0.25) is 5.91 Å². The van der Waals surface area contributed by atoms with Gasteiger partial charge in [-0.1, -0.05) is 63.9 Å². The predicted molar refractivity (Wildman–Crippen MR) is 131 cm³/mol. The van der Waals surface area contributed by atoms with Crippen LogP contribution in [0.25, 0.3) is 16.6 Å². The Hall–Kier alpha value is -2.95. The van der Waals surface area contributed by atoms with Crippen LogP contribution in [0.3, 0.4) is 0 Å². The second kappa shape index (κ2) is 11.1. The van der Waals surface area contributed by atoms with Gasteiger partial charge < -0.3 is 4.90 Å². The summed E-state index contributed by atoms with van der Waals surface area (Å²) in [5.41, 5.74) is 2.50. The number of aromatic nitrogens is 2. The third-order valence-corrected chi connectivity index (χ3v) is 6.04. The van der Waals surface area contributed by atoms with Crippen molar-refractivity contribution in [1.29, 1.82) is 0 Å². The summed E-state index contributed by atoms with van der Waals surface area (Å²) >= 11 is 0. The van der Waals surface area contributed by atoms with Gasteiger partial charge in [-0.15, -0.1) is 0 Å². The van der Waals surface area contributed by atoms with Crippen molar-refractivity contribution in [3.05, 3.63) is 70.3 Å². The predicted octanol–water partition coefficient (Wildman–Crippen LogP) is 5.83. The first kappa shape index (κ1) is 23.7. The Morgan fingerprint density at radius 1 is 1.00 bits per heavy atom. The van der Waals surface area contributed by atoms with Crippen molar-refractivity contribution >= 4 is 16.8 Å². The minimum absolute atomic E-state index is 0.0881. The molecule has 0 aliphatic rings. The van der Waals surface area contributed by atoms with E-state index in [-0.39, 0.29) is 17.5 Å². The maximum atomic E-state index is 13.7. The Bertz CT molecular complexity index is 1120. The highest BCUT2D eigenvalue weighted by Crippen LogP contribution is 2.26. The van der Waals surface area contributed by atoms with Gasteiger partial charge >= 0.3 is 0 Å². The fraction of sp³-hybridized carbons (Fsp3) is 0.444. The summed E-state index contributed by atoms with van der Waals surface area (Å²) in [6, 6.07) is 15.1. The van der Waals surface area contributed by atoms with Crippen molar-refractivity contribution in [3.63, 3.8) is 0 Å². The van der Waals surface area contributed by atoms with Crippen molar-refractivity contribution in [2.24, 2.45) is 0 Å². The fourth-order valence-corrected chi connectivity index (χ4v) is 4.25. The monoisotopic (exact) mass is 433 g/mol. The van der Waals surface area contributed by atoms with Crippen LogP contribution >= 0.6 is 0 Å². The van der Waals surface area contributed by atoms with Gasteiger partial charge in [-0.05, 0) is 49.9 Å². The molecule has 0 radical (unpaired) electrons. The molecule has 0 spiro atoms. The SMILES string of the molecule is CCCCCN(C(=O)CCC)C(C)c1nc2ccccc2c(=O)n1-c1ccccc1CC. The number of unbranched alkanes of at least 4 members (excludes halogenated alkanes) is 2. The molecule has 3 rings (SSSR count). The van der Waals surface area contributed by atoms with Crippen molar-refractivity contribution in [2.45, 2.75) is 72.3 Å². The minimum Gasteiger partial charge on any atom is -0.333 e. The molecule has 0 aliphatic heterocycles. The van der Waals surface area contributed by atoms with E-state index in [4.69, 9.17) is 4.98 Å². The number of hydrogen-bond donors (Lipinski definition) is 0. The van der Waals surface area contributed by atoms with Crippen LogP contribution in [0.5, 0.6) is 0 Å². The molecule has 0 aliphatic carbocycles. The smallest absolute Gasteiger partial charge is 0.266 e. The van der Waals surface area contributed by atoms with E-state index in [1.807, 2.05) is 67.3 Å². The molecule has 0 saturated heterocycles. The van der Waals surface area contributed by atoms with Gasteiger partial charge in [0.05, 0.1) is 22.6 Å². The lowest BCUT2D eigenvalue weighted by atomic mass is 10.1. The van der Waals surface area contributed by atoms with Crippen molar-refractivity contribution in [3.8, 4) is 5.69 Å². The van der Waals surface area contributed by atoms with Crippen LogP contribution < -0.4 is 5.56 Å².